The van der Waals surface area contributed by atoms with Crippen molar-refractivity contribution in [2.45, 2.75) is 51.9 Å². The Bertz CT molecular complexity index is 428. The fourth-order valence-corrected chi connectivity index (χ4v) is 2.05. The number of methoxy groups -OCH3 is 1. The van der Waals surface area contributed by atoms with Gasteiger partial charge in [0.1, 0.15) is 5.69 Å². The molecule has 0 aliphatic heterocycles. The van der Waals surface area contributed by atoms with E-state index in [1.54, 1.807) is 7.11 Å². The minimum absolute atomic E-state index is 0.322. The zero-order chi connectivity index (χ0) is 12.6. The maximum atomic E-state index is 12.1. The summed E-state index contributed by atoms with van der Waals surface area (Å²) in [6.07, 6.45) is 3.16. The van der Waals surface area contributed by atoms with Crippen molar-refractivity contribution in [2.24, 2.45) is 0 Å². The van der Waals surface area contributed by atoms with Crippen LogP contribution in [0, 0.1) is 12.1 Å². The van der Waals surface area contributed by atoms with Crippen LogP contribution in [0.5, 0.6) is 5.75 Å². The molecule has 1 aromatic rings. The molecule has 1 fully saturated rings. The van der Waals surface area contributed by atoms with Crippen LogP contribution in [0.2, 0.25) is 0 Å². The van der Waals surface area contributed by atoms with E-state index in [0.717, 1.165) is 29.7 Å². The first kappa shape index (κ1) is 12.1. The molecule has 0 amide bonds. The van der Waals surface area contributed by atoms with Gasteiger partial charge in [-0.3, -0.25) is 0 Å². The maximum absolute atomic E-state index is 12.1. The summed E-state index contributed by atoms with van der Waals surface area (Å²) in [6.45, 7) is 6.05. The standard InChI is InChI=1S/C13H20N2O2/c1-5-8(2)11-12(17-4)9(3)15(16)13(14-11)10-6-7-10/h8,10H,5-7H2,1-4H3/t8-/m0/s1. The molecule has 0 saturated heterocycles. The van der Waals surface area contributed by atoms with Crippen LogP contribution in [0.4, 0.5) is 0 Å². The molecule has 1 aliphatic rings. The van der Waals surface area contributed by atoms with Crippen LogP contribution in [-0.4, -0.2) is 12.1 Å². The molecule has 0 unspecified atom stereocenters. The highest BCUT2D eigenvalue weighted by atomic mass is 16.5. The van der Waals surface area contributed by atoms with Crippen molar-refractivity contribution in [1.29, 1.82) is 0 Å². The molecule has 0 bridgehead atoms. The van der Waals surface area contributed by atoms with Crippen molar-refractivity contribution in [2.75, 3.05) is 7.11 Å². The Morgan fingerprint density at radius 1 is 1.53 bits per heavy atom. The topological polar surface area (TPSA) is 49.1 Å². The van der Waals surface area contributed by atoms with E-state index < -0.39 is 0 Å². The molecule has 4 nitrogen and oxygen atoms in total. The van der Waals surface area contributed by atoms with Crippen LogP contribution in [0.1, 0.15) is 62.2 Å². The zero-order valence-corrected chi connectivity index (χ0v) is 11.0. The van der Waals surface area contributed by atoms with Crippen molar-refractivity contribution >= 4 is 0 Å². The van der Waals surface area contributed by atoms with Gasteiger partial charge in [0.15, 0.2) is 0 Å². The molecule has 1 aliphatic carbocycles. The maximum Gasteiger partial charge on any atom is 0.305 e. The molecular formula is C13H20N2O2. The van der Waals surface area contributed by atoms with Crippen LogP contribution in [0.3, 0.4) is 0 Å². The van der Waals surface area contributed by atoms with Gasteiger partial charge in [0.2, 0.25) is 11.4 Å². The minimum Gasteiger partial charge on any atom is -0.710 e. The first-order valence-corrected chi connectivity index (χ1v) is 6.28. The highest BCUT2D eigenvalue weighted by molar-refractivity contribution is 5.32. The van der Waals surface area contributed by atoms with E-state index in [1.807, 2.05) is 6.92 Å². The molecule has 1 heterocycles. The average molecular weight is 236 g/mol. The Hall–Kier alpha value is -1.32. The summed E-state index contributed by atoms with van der Waals surface area (Å²) in [6, 6.07) is 0. The second-order valence-electron chi connectivity index (χ2n) is 4.85. The molecule has 94 valence electrons. The molecule has 0 radical (unpaired) electrons. The summed E-state index contributed by atoms with van der Waals surface area (Å²) in [7, 11) is 1.60. The van der Waals surface area contributed by atoms with E-state index in [4.69, 9.17) is 4.74 Å². The Morgan fingerprint density at radius 2 is 2.18 bits per heavy atom. The molecule has 0 N–H and O–H groups in total. The van der Waals surface area contributed by atoms with Crippen LogP contribution < -0.4 is 9.47 Å². The second kappa shape index (κ2) is 4.51. The molecule has 17 heavy (non-hydrogen) atoms. The van der Waals surface area contributed by atoms with Gasteiger partial charge in [0.05, 0.1) is 13.0 Å². The van der Waals surface area contributed by atoms with Gasteiger partial charge in [-0.25, -0.2) is 4.73 Å². The van der Waals surface area contributed by atoms with Gasteiger partial charge in [0, 0.05) is 12.8 Å². The third kappa shape index (κ3) is 2.08. The number of ether oxygens (including phenoxy) is 1. The van der Waals surface area contributed by atoms with Crippen molar-refractivity contribution in [1.82, 2.24) is 4.98 Å². The van der Waals surface area contributed by atoms with E-state index >= 15 is 0 Å². The van der Waals surface area contributed by atoms with Crippen molar-refractivity contribution in [3.8, 4) is 5.75 Å². The van der Waals surface area contributed by atoms with Gasteiger partial charge < -0.3 is 9.94 Å². The third-order valence-electron chi connectivity index (χ3n) is 3.53. The van der Waals surface area contributed by atoms with Crippen molar-refractivity contribution in [3.05, 3.63) is 22.4 Å². The van der Waals surface area contributed by atoms with Gasteiger partial charge in [0.25, 0.3) is 0 Å². The second-order valence-corrected chi connectivity index (χ2v) is 4.85. The van der Waals surface area contributed by atoms with E-state index in [9.17, 15) is 5.21 Å². The predicted molar refractivity (Wildman–Crippen MR) is 65.2 cm³/mol. The lowest BCUT2D eigenvalue weighted by molar-refractivity contribution is -0.625. The molecule has 0 spiro atoms. The van der Waals surface area contributed by atoms with Crippen LogP contribution in [0.15, 0.2) is 0 Å². The van der Waals surface area contributed by atoms with E-state index in [-0.39, 0.29) is 0 Å². The number of hydrogen-bond acceptors (Lipinski definition) is 3. The van der Waals surface area contributed by atoms with Gasteiger partial charge in [-0.15, -0.1) is 0 Å². The number of hydrogen-bond donors (Lipinski definition) is 0. The number of nitrogens with zero attached hydrogens (tertiary/aromatic N) is 2. The molecular weight excluding hydrogens is 216 g/mol. The average Bonchev–Trinajstić information content (AvgIpc) is 3.15. The lowest BCUT2D eigenvalue weighted by Gasteiger charge is -2.16. The summed E-state index contributed by atoms with van der Waals surface area (Å²) in [5, 5.41) is 12.1. The van der Waals surface area contributed by atoms with E-state index in [2.05, 4.69) is 18.8 Å². The van der Waals surface area contributed by atoms with Crippen LogP contribution >= 0.6 is 0 Å². The molecule has 1 aromatic heterocycles. The zero-order valence-electron chi connectivity index (χ0n) is 11.0. The quantitative estimate of drug-likeness (QED) is 0.596. The number of rotatable bonds is 4. The fourth-order valence-electron chi connectivity index (χ4n) is 2.05. The first-order valence-electron chi connectivity index (χ1n) is 6.28. The normalized spacial score (nSPS) is 16.9. The largest absolute Gasteiger partial charge is 0.710 e. The molecule has 0 aromatic carbocycles. The molecule has 2 rings (SSSR count). The monoisotopic (exact) mass is 236 g/mol. The lowest BCUT2D eigenvalue weighted by Crippen LogP contribution is -2.37. The first-order chi connectivity index (χ1) is 8.10. The van der Waals surface area contributed by atoms with Crippen molar-refractivity contribution in [3.63, 3.8) is 0 Å². The summed E-state index contributed by atoms with van der Waals surface area (Å²) in [5.41, 5.74) is 1.57. The summed E-state index contributed by atoms with van der Waals surface area (Å²) in [5.74, 6) is 2.01. The fraction of sp³-hybridized carbons (Fsp3) is 0.692. The van der Waals surface area contributed by atoms with Crippen LogP contribution in [0.25, 0.3) is 0 Å². The van der Waals surface area contributed by atoms with Crippen molar-refractivity contribution < 1.29 is 9.47 Å². The highest BCUT2D eigenvalue weighted by Crippen LogP contribution is 2.39. The highest BCUT2D eigenvalue weighted by Gasteiger charge is 2.36. The predicted octanol–water partition coefficient (Wildman–Crippen LogP) is 2.42. The summed E-state index contributed by atoms with van der Waals surface area (Å²) < 4.78 is 6.30. The summed E-state index contributed by atoms with van der Waals surface area (Å²) in [4.78, 5) is 4.56. The molecule has 1 saturated carbocycles. The number of aromatic nitrogens is 2. The minimum atomic E-state index is 0.322. The summed E-state index contributed by atoms with van der Waals surface area (Å²) >= 11 is 0. The van der Waals surface area contributed by atoms with Crippen LogP contribution in [-0.2, 0) is 0 Å². The third-order valence-corrected chi connectivity index (χ3v) is 3.53. The van der Waals surface area contributed by atoms with Gasteiger partial charge in [-0.05, 0) is 24.2 Å². The van der Waals surface area contributed by atoms with E-state index in [1.165, 1.54) is 0 Å². The van der Waals surface area contributed by atoms with E-state index in [0.29, 0.717) is 29.1 Å². The Morgan fingerprint density at radius 3 is 2.65 bits per heavy atom. The van der Waals surface area contributed by atoms with Gasteiger partial charge in [-0.1, -0.05) is 13.8 Å². The smallest absolute Gasteiger partial charge is 0.305 e. The SMILES string of the molecule is CC[C@H](C)c1nc(C2CC2)[n+]([O-])c(C)c1OC. The molecule has 4 heteroatoms. The van der Waals surface area contributed by atoms with Gasteiger partial charge in [-0.2, -0.15) is 0 Å². The Balaban J connectivity index is 2.55. The van der Waals surface area contributed by atoms with Gasteiger partial charge >= 0.3 is 5.82 Å². The molecule has 1 atom stereocenters. The Kier molecular flexibility index (Phi) is 3.22. The Labute approximate surface area is 102 Å². The lowest BCUT2D eigenvalue weighted by atomic mass is 10.0.